The van der Waals surface area contributed by atoms with Crippen molar-refractivity contribution in [2.45, 2.75) is 52.0 Å². The highest BCUT2D eigenvalue weighted by molar-refractivity contribution is 7.99. The Morgan fingerprint density at radius 2 is 1.94 bits per heavy atom. The summed E-state index contributed by atoms with van der Waals surface area (Å²) in [6.45, 7) is 10.5. The van der Waals surface area contributed by atoms with Crippen LogP contribution in [0.2, 0.25) is 0 Å². The molecule has 2 saturated heterocycles. The van der Waals surface area contributed by atoms with Crippen LogP contribution in [-0.2, 0) is 0 Å². The normalized spacial score (nSPS) is 32.7. The van der Waals surface area contributed by atoms with Crippen molar-refractivity contribution in [2.75, 3.05) is 31.1 Å². The first-order chi connectivity index (χ1) is 8.48. The molecule has 2 aliphatic heterocycles. The molecule has 2 N–H and O–H groups in total. The van der Waals surface area contributed by atoms with Gasteiger partial charge in [0.2, 0.25) is 0 Å². The van der Waals surface area contributed by atoms with Gasteiger partial charge in [-0.1, -0.05) is 20.8 Å². The Hall–Kier alpha value is 0.270. The van der Waals surface area contributed by atoms with E-state index < -0.39 is 0 Å². The number of hydrogen-bond donors (Lipinski definition) is 1. The quantitative estimate of drug-likeness (QED) is 0.836. The molecule has 1 atom stereocenters. The molecule has 0 bridgehead atoms. The van der Waals surface area contributed by atoms with Gasteiger partial charge in [-0.2, -0.15) is 11.8 Å². The van der Waals surface area contributed by atoms with E-state index in [1.54, 1.807) is 0 Å². The number of nitrogens with zero attached hydrogens (tertiary/aromatic N) is 1. The van der Waals surface area contributed by atoms with Gasteiger partial charge in [-0.15, -0.1) is 0 Å². The Kier molecular flexibility index (Phi) is 4.66. The summed E-state index contributed by atoms with van der Waals surface area (Å²) in [6, 6.07) is 0. The molecule has 0 radical (unpaired) electrons. The second kappa shape index (κ2) is 5.72. The molecule has 106 valence electrons. The summed E-state index contributed by atoms with van der Waals surface area (Å²) >= 11 is 2.10. The first kappa shape index (κ1) is 14.7. The zero-order chi connectivity index (χ0) is 13.2. The highest BCUT2D eigenvalue weighted by Gasteiger charge is 2.40. The summed E-state index contributed by atoms with van der Waals surface area (Å²) in [6.07, 6.45) is 5.38. The van der Waals surface area contributed by atoms with Crippen LogP contribution in [0.5, 0.6) is 0 Å². The number of rotatable bonds is 2. The molecule has 18 heavy (non-hydrogen) atoms. The molecular weight excluding hydrogens is 240 g/mol. The van der Waals surface area contributed by atoms with E-state index in [1.807, 2.05) is 0 Å². The minimum Gasteiger partial charge on any atom is -0.329 e. The van der Waals surface area contributed by atoms with Gasteiger partial charge in [0.15, 0.2) is 0 Å². The van der Waals surface area contributed by atoms with E-state index in [0.29, 0.717) is 11.0 Å². The van der Waals surface area contributed by atoms with E-state index in [9.17, 15) is 0 Å². The molecule has 2 fully saturated rings. The van der Waals surface area contributed by atoms with E-state index in [-0.39, 0.29) is 0 Å². The third kappa shape index (κ3) is 3.05. The second-order valence-electron chi connectivity index (χ2n) is 7.21. The van der Waals surface area contributed by atoms with Gasteiger partial charge in [-0.3, -0.25) is 4.90 Å². The van der Waals surface area contributed by atoms with Gasteiger partial charge in [0.1, 0.15) is 0 Å². The molecule has 2 nitrogen and oxygen atoms in total. The summed E-state index contributed by atoms with van der Waals surface area (Å²) in [5.41, 5.74) is 6.94. The van der Waals surface area contributed by atoms with Crippen LogP contribution in [0, 0.1) is 11.3 Å². The summed E-state index contributed by atoms with van der Waals surface area (Å²) in [4.78, 5) is 2.72. The van der Waals surface area contributed by atoms with Gasteiger partial charge in [-0.05, 0) is 55.9 Å². The minimum absolute atomic E-state index is 0.325. The lowest BCUT2D eigenvalue weighted by atomic mass is 9.74. The molecule has 2 heterocycles. The summed E-state index contributed by atoms with van der Waals surface area (Å²) in [7, 11) is 0. The first-order valence-corrected chi connectivity index (χ1v) is 8.66. The molecule has 2 rings (SSSR count). The van der Waals surface area contributed by atoms with E-state index in [1.165, 1.54) is 50.3 Å². The largest absolute Gasteiger partial charge is 0.329 e. The standard InChI is InChI=1S/C15H30N2S/c1-14(2,3)13-5-8-17(9-6-13)15(11-16)7-4-10-18-12-15/h13H,4-12,16H2,1-3H3. The summed E-state index contributed by atoms with van der Waals surface area (Å²) in [5.74, 6) is 3.48. The second-order valence-corrected chi connectivity index (χ2v) is 8.32. The number of likely N-dealkylation sites (tertiary alicyclic amines) is 1. The SMILES string of the molecule is CC(C)(C)C1CCN(C2(CN)CCCSC2)CC1. The molecule has 3 heteroatoms. The summed E-state index contributed by atoms with van der Waals surface area (Å²) < 4.78 is 0. The van der Waals surface area contributed by atoms with Crippen LogP contribution >= 0.6 is 11.8 Å². The average Bonchev–Trinajstić information content (AvgIpc) is 2.39. The Labute approximate surface area is 117 Å². The fraction of sp³-hybridized carbons (Fsp3) is 1.00. The molecular formula is C15H30N2S. The maximum Gasteiger partial charge on any atom is 0.0422 e. The first-order valence-electron chi connectivity index (χ1n) is 7.51. The molecule has 1 unspecified atom stereocenters. The van der Waals surface area contributed by atoms with Crippen LogP contribution in [0.4, 0.5) is 0 Å². The predicted octanol–water partition coefficient (Wildman–Crippen LogP) is 2.97. The number of hydrogen-bond acceptors (Lipinski definition) is 3. The molecule has 0 amide bonds. The van der Waals surface area contributed by atoms with Crippen LogP contribution in [-0.4, -0.2) is 41.6 Å². The molecule has 2 aliphatic rings. The Morgan fingerprint density at radius 1 is 1.28 bits per heavy atom. The predicted molar refractivity (Wildman–Crippen MR) is 82.1 cm³/mol. The van der Waals surface area contributed by atoms with Gasteiger partial charge in [-0.25, -0.2) is 0 Å². The number of thioether (sulfide) groups is 1. The van der Waals surface area contributed by atoms with Gasteiger partial charge < -0.3 is 5.73 Å². The van der Waals surface area contributed by atoms with Gasteiger partial charge >= 0.3 is 0 Å². The Morgan fingerprint density at radius 3 is 2.39 bits per heavy atom. The van der Waals surface area contributed by atoms with E-state index >= 15 is 0 Å². The van der Waals surface area contributed by atoms with Gasteiger partial charge in [0, 0.05) is 17.8 Å². The molecule has 0 aromatic carbocycles. The fourth-order valence-electron chi connectivity index (χ4n) is 3.60. The van der Waals surface area contributed by atoms with Crippen molar-refractivity contribution < 1.29 is 0 Å². The third-order valence-electron chi connectivity index (χ3n) is 5.07. The smallest absolute Gasteiger partial charge is 0.0422 e. The van der Waals surface area contributed by atoms with Crippen molar-refractivity contribution in [3.8, 4) is 0 Å². The van der Waals surface area contributed by atoms with Gasteiger partial charge in [0.25, 0.3) is 0 Å². The maximum absolute atomic E-state index is 6.13. The highest BCUT2D eigenvalue weighted by atomic mass is 32.2. The number of nitrogens with two attached hydrogens (primary N) is 1. The average molecular weight is 270 g/mol. The monoisotopic (exact) mass is 270 g/mol. The Balaban J connectivity index is 1.95. The topological polar surface area (TPSA) is 29.3 Å². The molecule has 0 saturated carbocycles. The van der Waals surface area contributed by atoms with Crippen molar-refractivity contribution in [1.82, 2.24) is 4.90 Å². The molecule has 0 aliphatic carbocycles. The lowest BCUT2D eigenvalue weighted by molar-refractivity contribution is 0.0354. The summed E-state index contributed by atoms with van der Waals surface area (Å²) in [5, 5.41) is 0. The lowest BCUT2D eigenvalue weighted by Crippen LogP contribution is -2.59. The highest BCUT2D eigenvalue weighted by Crippen LogP contribution is 2.39. The third-order valence-corrected chi connectivity index (χ3v) is 6.39. The molecule has 0 spiro atoms. The van der Waals surface area contributed by atoms with E-state index in [0.717, 1.165) is 12.5 Å². The van der Waals surface area contributed by atoms with Crippen LogP contribution in [0.15, 0.2) is 0 Å². The lowest BCUT2D eigenvalue weighted by Gasteiger charge is -2.50. The van der Waals surface area contributed by atoms with Crippen molar-refractivity contribution in [1.29, 1.82) is 0 Å². The van der Waals surface area contributed by atoms with Gasteiger partial charge in [0.05, 0.1) is 0 Å². The zero-order valence-electron chi connectivity index (χ0n) is 12.4. The van der Waals surface area contributed by atoms with Crippen molar-refractivity contribution in [2.24, 2.45) is 17.1 Å². The number of piperidine rings is 1. The molecule has 0 aromatic heterocycles. The minimum atomic E-state index is 0.325. The molecule has 0 aromatic rings. The van der Waals surface area contributed by atoms with Crippen LogP contribution in [0.3, 0.4) is 0 Å². The van der Waals surface area contributed by atoms with Crippen molar-refractivity contribution >= 4 is 11.8 Å². The maximum atomic E-state index is 6.13. The van der Waals surface area contributed by atoms with Crippen LogP contribution in [0.1, 0.15) is 46.5 Å². The van der Waals surface area contributed by atoms with E-state index in [4.69, 9.17) is 5.73 Å². The Bertz CT molecular complexity index is 258. The van der Waals surface area contributed by atoms with Crippen molar-refractivity contribution in [3.63, 3.8) is 0 Å². The van der Waals surface area contributed by atoms with E-state index in [2.05, 4.69) is 37.4 Å². The zero-order valence-corrected chi connectivity index (χ0v) is 13.2. The van der Waals surface area contributed by atoms with Crippen molar-refractivity contribution in [3.05, 3.63) is 0 Å². The van der Waals surface area contributed by atoms with Crippen LogP contribution in [0.25, 0.3) is 0 Å². The fourth-order valence-corrected chi connectivity index (χ4v) is 4.91. The van der Waals surface area contributed by atoms with Crippen LogP contribution < -0.4 is 5.73 Å².